The van der Waals surface area contributed by atoms with Crippen LogP contribution in [0, 0.1) is 0 Å². The quantitative estimate of drug-likeness (QED) is 0.805. The van der Waals surface area contributed by atoms with E-state index in [-0.39, 0.29) is 0 Å². The predicted octanol–water partition coefficient (Wildman–Crippen LogP) is 2.64. The van der Waals surface area contributed by atoms with E-state index in [9.17, 15) is 0 Å². The maximum absolute atomic E-state index is 6.29. The molecule has 2 heterocycles. The van der Waals surface area contributed by atoms with Crippen LogP contribution in [0.1, 0.15) is 27.7 Å². The minimum Gasteiger partial charge on any atom is -0.399 e. The Morgan fingerprint density at radius 2 is 1.87 bits per heavy atom. The normalized spacial score (nSPS) is 19.7. The average molecular weight is 337 g/mol. The lowest BCUT2D eigenvalue weighted by Gasteiger charge is -2.32. The molecule has 5 nitrogen and oxygen atoms in total. The topological polar surface area (TPSA) is 45.5 Å². The minimum atomic E-state index is -0.473. The van der Waals surface area contributed by atoms with Crippen molar-refractivity contribution in [2.24, 2.45) is 0 Å². The van der Waals surface area contributed by atoms with Crippen molar-refractivity contribution in [2.75, 3.05) is 13.7 Å². The Morgan fingerprint density at radius 3 is 2.48 bits per heavy atom. The maximum Gasteiger partial charge on any atom is 0.497 e. The molecule has 1 aromatic heterocycles. The fraction of sp³-hybridized carbons (Fsp3) is 0.562. The highest BCUT2D eigenvalue weighted by Gasteiger charge is 2.52. The van der Waals surface area contributed by atoms with E-state index in [1.807, 2.05) is 50.7 Å². The highest BCUT2D eigenvalue weighted by atomic mass is 35.5. The summed E-state index contributed by atoms with van der Waals surface area (Å²) in [5.41, 5.74) is 1.08. The molecule has 3 rings (SSSR count). The maximum atomic E-state index is 6.29. The summed E-state index contributed by atoms with van der Waals surface area (Å²) in [5.74, 6) is 0. The van der Waals surface area contributed by atoms with Gasteiger partial charge in [-0.1, -0.05) is 11.6 Å². The van der Waals surface area contributed by atoms with E-state index in [4.69, 9.17) is 25.6 Å². The molecule has 0 atom stereocenters. The van der Waals surface area contributed by atoms with Gasteiger partial charge in [0, 0.05) is 23.0 Å². The lowest BCUT2D eigenvalue weighted by molar-refractivity contribution is 0.00578. The minimum absolute atomic E-state index is 0.399. The Balaban J connectivity index is 2.08. The van der Waals surface area contributed by atoms with Gasteiger partial charge in [0.1, 0.15) is 0 Å². The van der Waals surface area contributed by atoms with Crippen LogP contribution >= 0.6 is 11.6 Å². The predicted molar refractivity (Wildman–Crippen MR) is 92.3 cm³/mol. The van der Waals surface area contributed by atoms with E-state index >= 15 is 0 Å². The molecule has 0 unspecified atom stereocenters. The fourth-order valence-electron chi connectivity index (χ4n) is 2.73. The first-order valence-corrected chi connectivity index (χ1v) is 8.12. The van der Waals surface area contributed by atoms with Gasteiger partial charge in [-0.15, -0.1) is 0 Å². The fourth-order valence-corrected chi connectivity index (χ4v) is 2.96. The van der Waals surface area contributed by atoms with Crippen LogP contribution in [0.25, 0.3) is 10.9 Å². The Hall–Kier alpha value is -1.08. The van der Waals surface area contributed by atoms with E-state index in [0.29, 0.717) is 18.2 Å². The first-order chi connectivity index (χ1) is 10.7. The van der Waals surface area contributed by atoms with Crippen molar-refractivity contribution in [2.45, 2.75) is 45.4 Å². The van der Waals surface area contributed by atoms with Crippen LogP contribution in [-0.4, -0.2) is 41.8 Å². The summed E-state index contributed by atoms with van der Waals surface area (Å²) >= 11 is 6.29. The first-order valence-electron chi connectivity index (χ1n) is 7.75. The largest absolute Gasteiger partial charge is 0.497 e. The van der Waals surface area contributed by atoms with Crippen LogP contribution in [0.5, 0.6) is 0 Å². The number of hydrogen-bond donors (Lipinski definition) is 0. The van der Waals surface area contributed by atoms with Crippen molar-refractivity contribution >= 4 is 35.1 Å². The summed E-state index contributed by atoms with van der Waals surface area (Å²) in [5, 5.41) is 6.06. The van der Waals surface area contributed by atoms with Crippen LogP contribution in [0.2, 0.25) is 5.02 Å². The Kier molecular flexibility index (Phi) is 4.21. The molecule has 0 aliphatic carbocycles. The molecular weight excluding hydrogens is 314 g/mol. The number of benzene rings is 1. The molecule has 1 aromatic carbocycles. The number of nitrogens with zero attached hydrogens (tertiary/aromatic N) is 2. The highest BCUT2D eigenvalue weighted by Crippen LogP contribution is 2.37. The third-order valence-corrected chi connectivity index (χ3v) is 4.96. The van der Waals surface area contributed by atoms with Crippen molar-refractivity contribution in [1.82, 2.24) is 9.78 Å². The summed E-state index contributed by atoms with van der Waals surface area (Å²) in [6.45, 7) is 9.40. The summed E-state index contributed by atoms with van der Waals surface area (Å²) in [4.78, 5) is 0. The van der Waals surface area contributed by atoms with Gasteiger partial charge in [0.2, 0.25) is 0 Å². The van der Waals surface area contributed by atoms with Gasteiger partial charge in [0.05, 0.1) is 36.1 Å². The number of halogens is 1. The van der Waals surface area contributed by atoms with Crippen LogP contribution in [0.3, 0.4) is 0 Å². The second-order valence-electron chi connectivity index (χ2n) is 6.88. The number of fused-ring (bicyclic) bond motifs is 1. The summed E-state index contributed by atoms with van der Waals surface area (Å²) in [6, 6.07) is 3.80. The lowest BCUT2D eigenvalue weighted by atomic mass is 9.78. The number of ether oxygens (including phenoxy) is 1. The molecule has 0 N–H and O–H groups in total. The number of methoxy groups -OCH3 is 1. The van der Waals surface area contributed by atoms with Crippen LogP contribution in [0.4, 0.5) is 0 Å². The molecule has 7 heteroatoms. The van der Waals surface area contributed by atoms with Gasteiger partial charge in [0.25, 0.3) is 0 Å². The van der Waals surface area contributed by atoms with Crippen molar-refractivity contribution in [3.05, 3.63) is 23.4 Å². The molecule has 0 amide bonds. The van der Waals surface area contributed by atoms with Crippen molar-refractivity contribution in [3.8, 4) is 0 Å². The Labute approximate surface area is 142 Å². The molecule has 0 radical (unpaired) electrons. The zero-order chi connectivity index (χ0) is 16.8. The standard InChI is InChI=1S/C16H22BClN2O3/c1-15(2)16(3,4)23-17(22-15)13-9-12(18)8-11-10-19-20(14(11)13)6-7-21-5/h8-10H,6-7H2,1-5H3. The molecule has 0 saturated carbocycles. The number of hydrogen-bond acceptors (Lipinski definition) is 4. The van der Waals surface area contributed by atoms with Gasteiger partial charge in [-0.3, -0.25) is 4.68 Å². The molecule has 2 aromatic rings. The van der Waals surface area contributed by atoms with Crippen molar-refractivity contribution < 1.29 is 14.0 Å². The van der Waals surface area contributed by atoms with E-state index < -0.39 is 18.3 Å². The Morgan fingerprint density at radius 1 is 1.22 bits per heavy atom. The Bertz CT molecular complexity index is 713. The van der Waals surface area contributed by atoms with Gasteiger partial charge in [0.15, 0.2) is 0 Å². The zero-order valence-electron chi connectivity index (χ0n) is 14.2. The number of aromatic nitrogens is 2. The third kappa shape index (κ3) is 2.89. The average Bonchev–Trinajstić information content (AvgIpc) is 2.94. The van der Waals surface area contributed by atoms with Crippen molar-refractivity contribution in [3.63, 3.8) is 0 Å². The van der Waals surface area contributed by atoms with E-state index in [1.165, 1.54) is 0 Å². The number of rotatable bonds is 4. The molecule has 23 heavy (non-hydrogen) atoms. The summed E-state index contributed by atoms with van der Waals surface area (Å²) in [7, 11) is 1.21. The molecule has 1 aliphatic rings. The summed E-state index contributed by atoms with van der Waals surface area (Å²) < 4.78 is 19.5. The second-order valence-corrected chi connectivity index (χ2v) is 7.32. The van der Waals surface area contributed by atoms with E-state index in [0.717, 1.165) is 16.4 Å². The van der Waals surface area contributed by atoms with E-state index in [1.54, 1.807) is 7.11 Å². The molecule has 124 valence electrons. The van der Waals surface area contributed by atoms with Gasteiger partial charge >= 0.3 is 7.12 Å². The molecular formula is C16H22BClN2O3. The van der Waals surface area contributed by atoms with Crippen molar-refractivity contribution in [1.29, 1.82) is 0 Å². The SMILES string of the molecule is COCCn1ncc2cc(Cl)cc(B3OC(C)(C)C(C)(C)O3)c21. The van der Waals surface area contributed by atoms with Gasteiger partial charge < -0.3 is 14.0 Å². The molecule has 1 aliphatic heterocycles. The second kappa shape index (κ2) is 5.78. The van der Waals surface area contributed by atoms with E-state index in [2.05, 4.69) is 5.10 Å². The first kappa shape index (κ1) is 16.8. The van der Waals surface area contributed by atoms with Gasteiger partial charge in [-0.2, -0.15) is 5.10 Å². The zero-order valence-corrected chi connectivity index (χ0v) is 15.0. The van der Waals surface area contributed by atoms with Gasteiger partial charge in [-0.25, -0.2) is 0 Å². The third-order valence-electron chi connectivity index (χ3n) is 4.74. The van der Waals surface area contributed by atoms with Crippen LogP contribution < -0.4 is 5.46 Å². The summed E-state index contributed by atoms with van der Waals surface area (Å²) in [6.07, 6.45) is 1.81. The monoisotopic (exact) mass is 336 g/mol. The lowest BCUT2D eigenvalue weighted by Crippen LogP contribution is -2.41. The molecule has 1 saturated heterocycles. The van der Waals surface area contributed by atoms with Gasteiger partial charge in [-0.05, 0) is 39.8 Å². The molecule has 0 spiro atoms. The van der Waals surface area contributed by atoms with Crippen LogP contribution in [-0.2, 0) is 20.6 Å². The van der Waals surface area contributed by atoms with Crippen LogP contribution in [0.15, 0.2) is 18.3 Å². The molecule has 0 bridgehead atoms. The smallest absolute Gasteiger partial charge is 0.399 e. The molecule has 1 fully saturated rings. The highest BCUT2D eigenvalue weighted by molar-refractivity contribution is 6.65.